The molecule has 15 heavy (non-hydrogen) atoms. The lowest BCUT2D eigenvalue weighted by atomic mass is 10.1. The van der Waals surface area contributed by atoms with Crippen LogP contribution < -0.4 is 0 Å². The van der Waals surface area contributed by atoms with E-state index in [0.717, 1.165) is 25.9 Å². The minimum Gasteiger partial charge on any atom is -0.459 e. The molecule has 0 bridgehead atoms. The number of hydrogen-bond acceptors (Lipinski definition) is 3. The Bertz CT molecular complexity index is 213. The van der Waals surface area contributed by atoms with E-state index in [-0.39, 0.29) is 31.1 Å². The van der Waals surface area contributed by atoms with E-state index in [0.29, 0.717) is 0 Å². The fraction of sp³-hybridized carbons (Fsp3) is 0.909. The van der Waals surface area contributed by atoms with Crippen molar-refractivity contribution in [3.05, 3.63) is 0 Å². The largest absolute Gasteiger partial charge is 0.459 e. The van der Waals surface area contributed by atoms with Crippen molar-refractivity contribution in [2.45, 2.75) is 52.2 Å². The Morgan fingerprint density at radius 2 is 2.07 bits per heavy atom. The quantitative estimate of drug-likeness (QED) is 0.683. The third-order valence-electron chi connectivity index (χ3n) is 2.45. The smallest absolute Gasteiger partial charge is 0.323 e. The van der Waals surface area contributed by atoms with E-state index in [1.54, 1.807) is 0 Å². The summed E-state index contributed by atoms with van der Waals surface area (Å²) in [6, 6.07) is -0.000718. The lowest BCUT2D eigenvalue weighted by Crippen LogP contribution is -2.40. The van der Waals surface area contributed by atoms with Crippen LogP contribution in [0.15, 0.2) is 0 Å². The number of nitrogens with zero attached hydrogens (tertiary/aromatic N) is 1. The Balaban J connectivity index is 0.00000196. The second kappa shape index (κ2) is 5.75. The van der Waals surface area contributed by atoms with Gasteiger partial charge in [0.25, 0.3) is 0 Å². The molecule has 1 atom stereocenters. The molecule has 0 spiro atoms. The number of ether oxygens (including phenoxy) is 1. The van der Waals surface area contributed by atoms with Crippen molar-refractivity contribution in [3.8, 4) is 0 Å². The monoisotopic (exact) mass is 233 g/mol. The van der Waals surface area contributed by atoms with Gasteiger partial charge in [-0.05, 0) is 46.7 Å². The maximum absolute atomic E-state index is 11.8. The first-order valence-corrected chi connectivity index (χ1v) is 5.41. The Hall–Kier alpha value is -0.220. The summed E-state index contributed by atoms with van der Waals surface area (Å²) in [4.78, 5) is 14.0. The molecule has 1 heterocycles. The summed E-state index contributed by atoms with van der Waals surface area (Å²) in [5, 5.41) is 0. The molecule has 3 nitrogen and oxygen atoms in total. The maximum atomic E-state index is 11.8. The first-order chi connectivity index (χ1) is 6.44. The highest BCUT2D eigenvalue weighted by Crippen LogP contribution is 2.20. The predicted molar refractivity (Wildman–Crippen MR) is 66.5 cm³/mol. The first kappa shape index (κ1) is 14.8. The van der Waals surface area contributed by atoms with Crippen molar-refractivity contribution < 1.29 is 9.53 Å². The van der Waals surface area contributed by atoms with Crippen LogP contribution in [0.5, 0.6) is 0 Å². The normalized spacial score (nSPS) is 22.3. The molecule has 1 fully saturated rings. The molecule has 1 saturated heterocycles. The molecule has 0 radical (unpaired) electrons. The fourth-order valence-electron chi connectivity index (χ4n) is 1.84. The van der Waals surface area contributed by atoms with Crippen LogP contribution in [0, 0.1) is 0 Å². The molecule has 0 unspecified atom stereocenters. The number of carbonyl (C=O) groups is 1. The van der Waals surface area contributed by atoms with Gasteiger partial charge >= 0.3 is 5.97 Å². The zero-order valence-electron chi connectivity index (χ0n) is 10.2. The van der Waals surface area contributed by atoms with Gasteiger partial charge in [-0.25, -0.2) is 0 Å². The molecular weight excluding hydrogens is 210 g/mol. The summed E-state index contributed by atoms with van der Waals surface area (Å²) in [6.45, 7) is 9.79. The number of likely N-dealkylation sites (N-methyl/N-ethyl adjacent to an activating group) is 1. The molecule has 0 N–H and O–H groups in total. The second-order valence-electron chi connectivity index (χ2n) is 4.82. The highest BCUT2D eigenvalue weighted by atomic mass is 32.1. The Morgan fingerprint density at radius 3 is 2.53 bits per heavy atom. The Labute approximate surface area is 99.6 Å². The van der Waals surface area contributed by atoms with Crippen molar-refractivity contribution >= 4 is 19.5 Å². The molecule has 1 rings (SSSR count). The number of hydrogen-bond donors (Lipinski definition) is 0. The van der Waals surface area contributed by atoms with Crippen LogP contribution in [-0.4, -0.2) is 35.6 Å². The maximum Gasteiger partial charge on any atom is 0.323 e. The predicted octanol–water partition coefficient (Wildman–Crippen LogP) is 1.93. The van der Waals surface area contributed by atoms with E-state index in [1.165, 1.54) is 0 Å². The van der Waals surface area contributed by atoms with E-state index >= 15 is 0 Å². The van der Waals surface area contributed by atoms with E-state index in [1.807, 2.05) is 20.8 Å². The molecule has 90 valence electrons. The van der Waals surface area contributed by atoms with E-state index in [4.69, 9.17) is 4.74 Å². The van der Waals surface area contributed by atoms with Crippen LogP contribution in [0.3, 0.4) is 0 Å². The van der Waals surface area contributed by atoms with Crippen LogP contribution in [0.25, 0.3) is 0 Å². The number of likely N-dealkylation sites (tertiary alicyclic amines) is 1. The SMILES string of the molecule is CCN1CCC[C@H]1C(=O)OC(C)(C)C.S. The van der Waals surface area contributed by atoms with Crippen molar-refractivity contribution in [3.63, 3.8) is 0 Å². The summed E-state index contributed by atoms with van der Waals surface area (Å²) in [7, 11) is 0. The fourth-order valence-corrected chi connectivity index (χ4v) is 1.84. The van der Waals surface area contributed by atoms with E-state index < -0.39 is 0 Å². The third kappa shape index (κ3) is 4.43. The standard InChI is InChI=1S/C11H21NO2.H2S/c1-5-12-8-6-7-9(12)10(13)14-11(2,3)4;/h9H,5-8H2,1-4H3;1H2/t9-;/m0./s1. The molecule has 0 amide bonds. The van der Waals surface area contributed by atoms with Crippen molar-refractivity contribution in [1.82, 2.24) is 4.90 Å². The molecule has 0 aliphatic carbocycles. The lowest BCUT2D eigenvalue weighted by Gasteiger charge is -2.26. The zero-order chi connectivity index (χ0) is 10.8. The van der Waals surface area contributed by atoms with Crippen molar-refractivity contribution in [1.29, 1.82) is 0 Å². The molecule has 1 aliphatic rings. The summed E-state index contributed by atoms with van der Waals surface area (Å²) in [6.07, 6.45) is 2.06. The Kier molecular flexibility index (Phi) is 5.67. The minimum atomic E-state index is -0.362. The minimum absolute atomic E-state index is 0. The van der Waals surface area contributed by atoms with E-state index in [9.17, 15) is 4.79 Å². The van der Waals surface area contributed by atoms with Crippen LogP contribution in [0.1, 0.15) is 40.5 Å². The molecule has 1 aliphatic heterocycles. The molecule has 0 saturated carbocycles. The molecule has 0 aromatic rings. The number of carbonyl (C=O) groups excluding carboxylic acids is 1. The van der Waals surface area contributed by atoms with E-state index in [2.05, 4.69) is 11.8 Å². The summed E-state index contributed by atoms with van der Waals surface area (Å²) < 4.78 is 5.37. The van der Waals surface area contributed by atoms with Gasteiger partial charge in [-0.1, -0.05) is 6.92 Å². The topological polar surface area (TPSA) is 29.5 Å². The van der Waals surface area contributed by atoms with Gasteiger partial charge in [-0.3, -0.25) is 9.69 Å². The average molecular weight is 233 g/mol. The van der Waals surface area contributed by atoms with Gasteiger partial charge in [-0.15, -0.1) is 0 Å². The molecule has 0 aromatic carbocycles. The van der Waals surface area contributed by atoms with Crippen LogP contribution in [0.4, 0.5) is 0 Å². The lowest BCUT2D eigenvalue weighted by molar-refractivity contribution is -0.160. The second-order valence-corrected chi connectivity index (χ2v) is 4.82. The highest BCUT2D eigenvalue weighted by Gasteiger charge is 2.32. The van der Waals surface area contributed by atoms with Gasteiger partial charge < -0.3 is 4.74 Å². The highest BCUT2D eigenvalue weighted by molar-refractivity contribution is 7.59. The van der Waals surface area contributed by atoms with Gasteiger partial charge in [-0.2, -0.15) is 13.5 Å². The van der Waals surface area contributed by atoms with Crippen LogP contribution in [-0.2, 0) is 9.53 Å². The van der Waals surface area contributed by atoms with Crippen molar-refractivity contribution in [2.24, 2.45) is 0 Å². The number of esters is 1. The van der Waals surface area contributed by atoms with Gasteiger partial charge in [0.1, 0.15) is 11.6 Å². The molecular formula is C11H23NO2S. The van der Waals surface area contributed by atoms with Gasteiger partial charge in [0.2, 0.25) is 0 Å². The first-order valence-electron chi connectivity index (χ1n) is 5.41. The number of rotatable bonds is 2. The van der Waals surface area contributed by atoms with Gasteiger partial charge in [0.05, 0.1) is 0 Å². The summed E-state index contributed by atoms with van der Waals surface area (Å²) >= 11 is 0. The summed E-state index contributed by atoms with van der Waals surface area (Å²) in [5.41, 5.74) is -0.362. The van der Waals surface area contributed by atoms with Crippen LogP contribution >= 0.6 is 13.5 Å². The van der Waals surface area contributed by atoms with Gasteiger partial charge in [0.15, 0.2) is 0 Å². The summed E-state index contributed by atoms with van der Waals surface area (Å²) in [5.74, 6) is -0.0585. The molecule has 0 aromatic heterocycles. The van der Waals surface area contributed by atoms with Crippen molar-refractivity contribution in [2.75, 3.05) is 13.1 Å². The average Bonchev–Trinajstić information content (AvgIpc) is 2.47. The zero-order valence-corrected chi connectivity index (χ0v) is 11.2. The van der Waals surface area contributed by atoms with Gasteiger partial charge in [0, 0.05) is 0 Å². The molecule has 4 heteroatoms. The van der Waals surface area contributed by atoms with Crippen LogP contribution in [0.2, 0.25) is 0 Å². The Morgan fingerprint density at radius 1 is 1.47 bits per heavy atom. The third-order valence-corrected chi connectivity index (χ3v) is 2.45.